The molecule has 16 heavy (non-hydrogen) atoms. The number of nitrogens with two attached hydrogens (primary N) is 1. The van der Waals surface area contributed by atoms with E-state index in [-0.39, 0.29) is 11.9 Å². The number of aryl methyl sites for hydroxylation is 1. The standard InChI is InChI=1S/C11H17N3O2/c1-8-5-13-14(6-8)7-11(12,9-3-4-9)10(15)16-2/h5-6,9H,3-4,7,12H2,1-2H3. The van der Waals surface area contributed by atoms with Gasteiger partial charge in [0.15, 0.2) is 0 Å². The Morgan fingerprint density at radius 1 is 1.75 bits per heavy atom. The molecule has 5 heteroatoms. The number of carbonyl (C=O) groups excluding carboxylic acids is 1. The summed E-state index contributed by atoms with van der Waals surface area (Å²) in [6.45, 7) is 2.34. The van der Waals surface area contributed by atoms with Crippen LogP contribution in [0.25, 0.3) is 0 Å². The average Bonchev–Trinajstić information content (AvgIpc) is 3.03. The molecular formula is C11H17N3O2. The van der Waals surface area contributed by atoms with Gasteiger partial charge in [-0.1, -0.05) is 0 Å². The first kappa shape index (κ1) is 11.1. The summed E-state index contributed by atoms with van der Waals surface area (Å²) >= 11 is 0. The first-order valence-corrected chi connectivity index (χ1v) is 5.42. The molecule has 0 aromatic carbocycles. The van der Waals surface area contributed by atoms with Crippen molar-refractivity contribution in [2.24, 2.45) is 11.7 Å². The largest absolute Gasteiger partial charge is 0.468 e. The third kappa shape index (κ3) is 1.95. The van der Waals surface area contributed by atoms with E-state index >= 15 is 0 Å². The van der Waals surface area contributed by atoms with E-state index in [1.165, 1.54) is 7.11 Å². The molecule has 1 aromatic rings. The number of ether oxygens (including phenoxy) is 1. The second-order valence-electron chi connectivity index (χ2n) is 4.52. The molecule has 1 atom stereocenters. The summed E-state index contributed by atoms with van der Waals surface area (Å²) < 4.78 is 6.50. The second kappa shape index (κ2) is 3.90. The summed E-state index contributed by atoms with van der Waals surface area (Å²) in [5.41, 5.74) is 6.30. The van der Waals surface area contributed by atoms with Crippen LogP contribution < -0.4 is 5.73 Å². The average molecular weight is 223 g/mol. The van der Waals surface area contributed by atoms with E-state index in [1.807, 2.05) is 13.1 Å². The first-order chi connectivity index (χ1) is 7.56. The molecule has 2 rings (SSSR count). The fourth-order valence-corrected chi connectivity index (χ4v) is 1.97. The van der Waals surface area contributed by atoms with Crippen LogP contribution >= 0.6 is 0 Å². The summed E-state index contributed by atoms with van der Waals surface area (Å²) in [5, 5.41) is 4.16. The molecule has 1 unspecified atom stereocenters. The normalized spacial score (nSPS) is 19.2. The lowest BCUT2D eigenvalue weighted by Gasteiger charge is -2.26. The molecule has 88 valence electrons. The highest BCUT2D eigenvalue weighted by Crippen LogP contribution is 2.39. The van der Waals surface area contributed by atoms with Gasteiger partial charge in [-0.25, -0.2) is 4.79 Å². The Labute approximate surface area is 94.6 Å². The number of aromatic nitrogens is 2. The van der Waals surface area contributed by atoms with E-state index in [1.54, 1.807) is 10.9 Å². The quantitative estimate of drug-likeness (QED) is 0.753. The monoisotopic (exact) mass is 223 g/mol. The van der Waals surface area contributed by atoms with Crippen molar-refractivity contribution in [2.45, 2.75) is 31.8 Å². The third-order valence-corrected chi connectivity index (χ3v) is 3.06. The van der Waals surface area contributed by atoms with Gasteiger partial charge in [0.05, 0.1) is 19.9 Å². The molecule has 0 bridgehead atoms. The molecule has 1 aliphatic rings. The van der Waals surface area contributed by atoms with Crippen molar-refractivity contribution >= 4 is 5.97 Å². The maximum Gasteiger partial charge on any atom is 0.328 e. The van der Waals surface area contributed by atoms with E-state index in [9.17, 15) is 4.79 Å². The second-order valence-corrected chi connectivity index (χ2v) is 4.52. The summed E-state index contributed by atoms with van der Waals surface area (Å²) in [7, 11) is 1.38. The summed E-state index contributed by atoms with van der Waals surface area (Å²) in [6.07, 6.45) is 5.62. The summed E-state index contributed by atoms with van der Waals surface area (Å²) in [5.74, 6) is -0.118. The van der Waals surface area contributed by atoms with Gasteiger partial charge >= 0.3 is 5.97 Å². The smallest absolute Gasteiger partial charge is 0.328 e. The topological polar surface area (TPSA) is 70.1 Å². The Hall–Kier alpha value is -1.36. The van der Waals surface area contributed by atoms with Gasteiger partial charge < -0.3 is 10.5 Å². The van der Waals surface area contributed by atoms with E-state index in [0.717, 1.165) is 18.4 Å². The fraction of sp³-hybridized carbons (Fsp3) is 0.636. The molecule has 1 saturated carbocycles. The molecule has 1 heterocycles. The number of hydrogen-bond donors (Lipinski definition) is 1. The zero-order chi connectivity index (χ0) is 11.8. The van der Waals surface area contributed by atoms with E-state index in [2.05, 4.69) is 5.10 Å². The Morgan fingerprint density at radius 3 is 2.88 bits per heavy atom. The van der Waals surface area contributed by atoms with Gasteiger partial charge in [0, 0.05) is 6.20 Å². The Kier molecular flexibility index (Phi) is 2.71. The van der Waals surface area contributed by atoms with Crippen molar-refractivity contribution in [1.82, 2.24) is 9.78 Å². The molecule has 1 aromatic heterocycles. The highest BCUT2D eigenvalue weighted by molar-refractivity contribution is 5.81. The number of methoxy groups -OCH3 is 1. The molecule has 1 fully saturated rings. The molecule has 1 aliphatic carbocycles. The van der Waals surface area contributed by atoms with Crippen LogP contribution in [0, 0.1) is 12.8 Å². The van der Waals surface area contributed by atoms with Crippen LogP contribution in [0.3, 0.4) is 0 Å². The van der Waals surface area contributed by atoms with Crippen LogP contribution in [0.5, 0.6) is 0 Å². The van der Waals surface area contributed by atoms with Crippen LogP contribution in [-0.2, 0) is 16.1 Å². The number of carbonyl (C=O) groups is 1. The lowest BCUT2D eigenvalue weighted by molar-refractivity contribution is -0.148. The fourth-order valence-electron chi connectivity index (χ4n) is 1.97. The highest BCUT2D eigenvalue weighted by Gasteiger charge is 2.49. The minimum Gasteiger partial charge on any atom is -0.468 e. The van der Waals surface area contributed by atoms with Crippen molar-refractivity contribution in [3.05, 3.63) is 18.0 Å². The molecule has 2 N–H and O–H groups in total. The molecule has 0 saturated heterocycles. The van der Waals surface area contributed by atoms with Crippen LogP contribution in [0.1, 0.15) is 18.4 Å². The lowest BCUT2D eigenvalue weighted by atomic mass is 9.94. The van der Waals surface area contributed by atoms with E-state index < -0.39 is 5.54 Å². The molecule has 0 amide bonds. The van der Waals surface area contributed by atoms with E-state index in [0.29, 0.717) is 6.54 Å². The van der Waals surface area contributed by atoms with Crippen LogP contribution in [-0.4, -0.2) is 28.4 Å². The molecule has 5 nitrogen and oxygen atoms in total. The minimum absolute atomic E-state index is 0.226. The van der Waals surface area contributed by atoms with Gasteiger partial charge in [-0.2, -0.15) is 5.10 Å². The summed E-state index contributed by atoms with van der Waals surface area (Å²) in [6, 6.07) is 0. The zero-order valence-corrected chi connectivity index (χ0v) is 9.64. The van der Waals surface area contributed by atoms with Crippen molar-refractivity contribution in [3.8, 4) is 0 Å². The predicted molar refractivity (Wildman–Crippen MR) is 58.6 cm³/mol. The number of hydrogen-bond acceptors (Lipinski definition) is 4. The maximum atomic E-state index is 11.7. The number of rotatable bonds is 4. The number of esters is 1. The number of nitrogens with zero attached hydrogens (tertiary/aromatic N) is 2. The molecule has 0 spiro atoms. The van der Waals surface area contributed by atoms with Crippen LogP contribution in [0.15, 0.2) is 12.4 Å². The van der Waals surface area contributed by atoms with E-state index in [4.69, 9.17) is 10.5 Å². The lowest BCUT2D eigenvalue weighted by Crippen LogP contribution is -2.54. The van der Waals surface area contributed by atoms with Crippen molar-refractivity contribution in [2.75, 3.05) is 7.11 Å². The van der Waals surface area contributed by atoms with Crippen molar-refractivity contribution < 1.29 is 9.53 Å². The van der Waals surface area contributed by atoms with Crippen molar-refractivity contribution in [3.63, 3.8) is 0 Å². The third-order valence-electron chi connectivity index (χ3n) is 3.06. The first-order valence-electron chi connectivity index (χ1n) is 5.42. The zero-order valence-electron chi connectivity index (χ0n) is 9.64. The Morgan fingerprint density at radius 2 is 2.44 bits per heavy atom. The highest BCUT2D eigenvalue weighted by atomic mass is 16.5. The molecule has 0 aliphatic heterocycles. The molecular weight excluding hydrogens is 206 g/mol. The van der Waals surface area contributed by atoms with Gasteiger partial charge in [0.25, 0.3) is 0 Å². The maximum absolute atomic E-state index is 11.7. The van der Waals surface area contributed by atoms with Crippen LogP contribution in [0.4, 0.5) is 0 Å². The van der Waals surface area contributed by atoms with Crippen LogP contribution in [0.2, 0.25) is 0 Å². The Bertz CT molecular complexity index is 398. The molecule has 0 radical (unpaired) electrons. The van der Waals surface area contributed by atoms with Gasteiger partial charge in [-0.05, 0) is 31.2 Å². The predicted octanol–water partition coefficient (Wildman–Crippen LogP) is 0.472. The summed E-state index contributed by atoms with van der Waals surface area (Å²) in [4.78, 5) is 11.7. The van der Waals surface area contributed by atoms with Gasteiger partial charge in [0.1, 0.15) is 5.54 Å². The van der Waals surface area contributed by atoms with Gasteiger partial charge in [-0.3, -0.25) is 4.68 Å². The van der Waals surface area contributed by atoms with Crippen molar-refractivity contribution in [1.29, 1.82) is 0 Å². The minimum atomic E-state index is -0.923. The van der Waals surface area contributed by atoms with Gasteiger partial charge in [-0.15, -0.1) is 0 Å². The SMILES string of the molecule is COC(=O)C(N)(Cn1cc(C)cn1)C1CC1. The Balaban J connectivity index is 2.17. The van der Waals surface area contributed by atoms with Gasteiger partial charge in [0.2, 0.25) is 0 Å².